The minimum Gasteiger partial charge on any atom is -0.317 e. The Labute approximate surface area is 162 Å². The first-order chi connectivity index (χ1) is 13.2. The molecule has 0 bridgehead atoms. The number of hydrogen-bond acceptors (Lipinski definition) is 5. The zero-order valence-electron chi connectivity index (χ0n) is 15.2. The zero-order valence-corrected chi connectivity index (χ0v) is 16.1. The molecular weight excluding hydrogens is 356 g/mol. The fraction of sp³-hybridized carbons (Fsp3) is 0.286. The SMILES string of the molecule is Cc1cccc(-c2cncc(C(=O)Nc3nc(C4CCNCC4)cs3)c2)c1. The van der Waals surface area contributed by atoms with Crippen molar-refractivity contribution < 1.29 is 4.79 Å². The molecule has 1 fully saturated rings. The molecule has 0 radical (unpaired) electrons. The molecule has 1 saturated heterocycles. The van der Waals surface area contributed by atoms with Crippen LogP contribution in [0.4, 0.5) is 5.13 Å². The number of anilines is 1. The second-order valence-electron chi connectivity index (χ2n) is 6.89. The van der Waals surface area contributed by atoms with Gasteiger partial charge in [0.2, 0.25) is 0 Å². The van der Waals surface area contributed by atoms with Crippen LogP contribution in [-0.2, 0) is 0 Å². The summed E-state index contributed by atoms with van der Waals surface area (Å²) in [6.07, 6.45) is 5.57. The molecule has 2 N–H and O–H groups in total. The first-order valence-corrected chi connectivity index (χ1v) is 10.1. The fourth-order valence-electron chi connectivity index (χ4n) is 3.36. The molecule has 4 rings (SSSR count). The summed E-state index contributed by atoms with van der Waals surface area (Å²) < 4.78 is 0. The summed E-state index contributed by atoms with van der Waals surface area (Å²) in [6.45, 7) is 4.11. The van der Waals surface area contributed by atoms with Crippen LogP contribution in [0.3, 0.4) is 0 Å². The predicted molar refractivity (Wildman–Crippen MR) is 109 cm³/mol. The first-order valence-electron chi connectivity index (χ1n) is 9.18. The van der Waals surface area contributed by atoms with Gasteiger partial charge in [0.25, 0.3) is 5.91 Å². The minimum atomic E-state index is -0.178. The predicted octanol–water partition coefficient (Wildman–Crippen LogP) is 4.23. The molecule has 3 aromatic rings. The number of thiazole rings is 1. The maximum Gasteiger partial charge on any atom is 0.259 e. The van der Waals surface area contributed by atoms with Crippen LogP contribution >= 0.6 is 11.3 Å². The van der Waals surface area contributed by atoms with Crippen molar-refractivity contribution in [1.82, 2.24) is 15.3 Å². The van der Waals surface area contributed by atoms with Crippen LogP contribution in [0.15, 0.2) is 48.1 Å². The lowest BCUT2D eigenvalue weighted by atomic mass is 9.96. The fourth-order valence-corrected chi connectivity index (χ4v) is 4.15. The van der Waals surface area contributed by atoms with Gasteiger partial charge in [-0.2, -0.15) is 0 Å². The number of aromatic nitrogens is 2. The van der Waals surface area contributed by atoms with Crippen molar-refractivity contribution in [2.24, 2.45) is 0 Å². The molecule has 0 saturated carbocycles. The van der Waals surface area contributed by atoms with Gasteiger partial charge >= 0.3 is 0 Å². The van der Waals surface area contributed by atoms with Gasteiger partial charge in [-0.1, -0.05) is 29.8 Å². The average Bonchev–Trinajstić information content (AvgIpc) is 3.17. The van der Waals surface area contributed by atoms with E-state index in [2.05, 4.69) is 45.0 Å². The van der Waals surface area contributed by atoms with E-state index in [1.807, 2.05) is 18.2 Å². The number of carbonyl (C=O) groups is 1. The number of rotatable bonds is 4. The van der Waals surface area contributed by atoms with E-state index in [0.29, 0.717) is 16.6 Å². The summed E-state index contributed by atoms with van der Waals surface area (Å²) >= 11 is 1.48. The first kappa shape index (κ1) is 17.8. The van der Waals surface area contributed by atoms with Gasteiger partial charge in [0, 0.05) is 29.3 Å². The van der Waals surface area contributed by atoms with E-state index in [9.17, 15) is 4.79 Å². The van der Waals surface area contributed by atoms with E-state index in [1.165, 1.54) is 16.9 Å². The van der Waals surface area contributed by atoms with Crippen molar-refractivity contribution in [1.29, 1.82) is 0 Å². The summed E-state index contributed by atoms with van der Waals surface area (Å²) in [7, 11) is 0. The largest absolute Gasteiger partial charge is 0.317 e. The summed E-state index contributed by atoms with van der Waals surface area (Å²) in [5.74, 6) is 0.308. The van der Waals surface area contributed by atoms with Crippen molar-refractivity contribution in [3.63, 3.8) is 0 Å². The Bertz CT molecular complexity index is 947. The number of amides is 1. The summed E-state index contributed by atoms with van der Waals surface area (Å²) in [6, 6.07) is 10.0. The topological polar surface area (TPSA) is 66.9 Å². The number of carbonyl (C=O) groups excluding carboxylic acids is 1. The van der Waals surface area contributed by atoms with Crippen LogP contribution in [0.25, 0.3) is 11.1 Å². The molecule has 27 heavy (non-hydrogen) atoms. The van der Waals surface area contributed by atoms with Gasteiger partial charge in [-0.3, -0.25) is 15.1 Å². The highest BCUT2D eigenvalue weighted by Crippen LogP contribution is 2.28. The number of nitrogens with zero attached hydrogens (tertiary/aromatic N) is 2. The number of hydrogen-bond donors (Lipinski definition) is 2. The van der Waals surface area contributed by atoms with Gasteiger partial charge < -0.3 is 5.32 Å². The zero-order chi connectivity index (χ0) is 18.6. The number of pyridine rings is 1. The van der Waals surface area contributed by atoms with E-state index in [4.69, 9.17) is 0 Å². The highest BCUT2D eigenvalue weighted by Gasteiger charge is 2.19. The van der Waals surface area contributed by atoms with Gasteiger partial charge in [0.05, 0.1) is 11.3 Å². The monoisotopic (exact) mass is 378 g/mol. The average molecular weight is 379 g/mol. The van der Waals surface area contributed by atoms with Crippen molar-refractivity contribution >= 4 is 22.4 Å². The third kappa shape index (κ3) is 4.23. The standard InChI is InChI=1S/C21H22N4OS/c1-14-3-2-4-16(9-14)17-10-18(12-23-11-17)20(26)25-21-24-19(13-27-21)15-5-7-22-8-6-15/h2-4,9-13,15,22H,5-8H2,1H3,(H,24,25,26). The van der Waals surface area contributed by atoms with Crippen LogP contribution in [0, 0.1) is 6.92 Å². The second-order valence-corrected chi connectivity index (χ2v) is 7.75. The van der Waals surface area contributed by atoms with E-state index in [-0.39, 0.29) is 5.91 Å². The third-order valence-corrected chi connectivity index (χ3v) is 5.63. The normalized spacial score (nSPS) is 14.9. The van der Waals surface area contributed by atoms with E-state index < -0.39 is 0 Å². The van der Waals surface area contributed by atoms with E-state index in [0.717, 1.165) is 42.8 Å². The smallest absolute Gasteiger partial charge is 0.259 e. The lowest BCUT2D eigenvalue weighted by Gasteiger charge is -2.20. The van der Waals surface area contributed by atoms with Gasteiger partial charge in [0.1, 0.15) is 0 Å². The maximum absolute atomic E-state index is 12.7. The molecule has 6 heteroatoms. The Hall–Kier alpha value is -2.57. The van der Waals surface area contributed by atoms with Gasteiger partial charge in [-0.05, 0) is 44.5 Å². The Morgan fingerprint density at radius 2 is 2.04 bits per heavy atom. The van der Waals surface area contributed by atoms with Crippen molar-refractivity contribution in [2.45, 2.75) is 25.7 Å². The minimum absolute atomic E-state index is 0.178. The molecule has 2 aromatic heterocycles. The molecule has 1 aliphatic rings. The number of piperidine rings is 1. The molecule has 1 aliphatic heterocycles. The quantitative estimate of drug-likeness (QED) is 0.713. The molecule has 0 atom stereocenters. The van der Waals surface area contributed by atoms with Crippen molar-refractivity contribution in [3.05, 3.63) is 64.9 Å². The van der Waals surface area contributed by atoms with Crippen LogP contribution in [0.5, 0.6) is 0 Å². The van der Waals surface area contributed by atoms with Crippen molar-refractivity contribution in [3.8, 4) is 11.1 Å². The van der Waals surface area contributed by atoms with Gasteiger partial charge in [-0.15, -0.1) is 11.3 Å². The van der Waals surface area contributed by atoms with Gasteiger partial charge in [0.15, 0.2) is 5.13 Å². The second kappa shape index (κ2) is 7.98. The maximum atomic E-state index is 12.7. The highest BCUT2D eigenvalue weighted by molar-refractivity contribution is 7.14. The number of benzene rings is 1. The highest BCUT2D eigenvalue weighted by atomic mass is 32.1. The van der Waals surface area contributed by atoms with Crippen LogP contribution in [-0.4, -0.2) is 29.0 Å². The lowest BCUT2D eigenvalue weighted by Crippen LogP contribution is -2.26. The van der Waals surface area contributed by atoms with Gasteiger partial charge in [-0.25, -0.2) is 4.98 Å². The van der Waals surface area contributed by atoms with Crippen LogP contribution in [0.1, 0.15) is 40.4 Å². The Morgan fingerprint density at radius 3 is 2.85 bits per heavy atom. The lowest BCUT2D eigenvalue weighted by molar-refractivity contribution is 0.102. The van der Waals surface area contributed by atoms with E-state index >= 15 is 0 Å². The molecule has 0 unspecified atom stereocenters. The third-order valence-electron chi connectivity index (χ3n) is 4.85. The molecule has 5 nitrogen and oxygen atoms in total. The van der Waals surface area contributed by atoms with Crippen LogP contribution < -0.4 is 10.6 Å². The number of aryl methyl sites for hydroxylation is 1. The summed E-state index contributed by atoms with van der Waals surface area (Å²) in [5.41, 5.74) is 4.78. The molecule has 3 heterocycles. The summed E-state index contributed by atoms with van der Waals surface area (Å²) in [4.78, 5) is 21.5. The van der Waals surface area contributed by atoms with Crippen molar-refractivity contribution in [2.75, 3.05) is 18.4 Å². The molecule has 138 valence electrons. The summed E-state index contributed by atoms with van der Waals surface area (Å²) in [5, 5.41) is 9.00. The van der Waals surface area contributed by atoms with E-state index in [1.54, 1.807) is 12.4 Å². The Kier molecular flexibility index (Phi) is 5.27. The molecule has 1 aromatic carbocycles. The molecule has 1 amide bonds. The molecular formula is C21H22N4OS. The Morgan fingerprint density at radius 1 is 1.19 bits per heavy atom. The van der Waals surface area contributed by atoms with Crippen LogP contribution in [0.2, 0.25) is 0 Å². The Balaban J connectivity index is 1.49. The number of nitrogens with one attached hydrogen (secondary N) is 2. The molecule has 0 spiro atoms. The molecule has 0 aliphatic carbocycles.